The van der Waals surface area contributed by atoms with Gasteiger partial charge in [-0.1, -0.05) is 12.1 Å². The smallest absolute Gasteiger partial charge is 0.306 e. The lowest BCUT2D eigenvalue weighted by Crippen LogP contribution is -2.55. The van der Waals surface area contributed by atoms with E-state index in [1.54, 1.807) is 0 Å². The van der Waals surface area contributed by atoms with Gasteiger partial charge in [-0.3, -0.25) is 15.0 Å². The first-order chi connectivity index (χ1) is 12.3. The summed E-state index contributed by atoms with van der Waals surface area (Å²) < 4.78 is 0. The van der Waals surface area contributed by atoms with E-state index >= 15 is 0 Å². The van der Waals surface area contributed by atoms with E-state index in [9.17, 15) is 20.1 Å². The van der Waals surface area contributed by atoms with Crippen molar-refractivity contribution in [2.24, 2.45) is 0 Å². The number of carbonyl (C=O) groups is 1. The molecule has 0 spiro atoms. The third-order valence-corrected chi connectivity index (χ3v) is 5.24. The highest BCUT2D eigenvalue weighted by molar-refractivity contribution is 5.85. The lowest BCUT2D eigenvalue weighted by molar-refractivity contribution is -0.143. The average Bonchev–Trinajstić information content (AvgIpc) is 2.58. The Morgan fingerprint density at radius 1 is 1.15 bits per heavy atom. The van der Waals surface area contributed by atoms with Crippen molar-refractivity contribution in [1.82, 2.24) is 10.2 Å². The highest BCUT2D eigenvalue weighted by atomic mass is 35.5. The third kappa shape index (κ3) is 5.78. The molecule has 8 nitrogen and oxygen atoms in total. The van der Waals surface area contributed by atoms with Crippen molar-refractivity contribution in [1.29, 1.82) is 0 Å². The second kappa shape index (κ2) is 9.18. The average molecular weight is 402 g/mol. The number of nitrogens with zero attached hydrogens (tertiary/aromatic N) is 2. The molecule has 5 N–H and O–H groups in total. The van der Waals surface area contributed by atoms with E-state index in [1.807, 2.05) is 29.2 Å². The number of piperidine rings is 1. The van der Waals surface area contributed by atoms with Crippen LogP contribution in [0.25, 0.3) is 0 Å². The summed E-state index contributed by atoms with van der Waals surface area (Å²) in [6.07, 6.45) is -0.276. The normalized spacial score (nSPS) is 25.7. The van der Waals surface area contributed by atoms with Gasteiger partial charge in [0.2, 0.25) is 0 Å². The molecule has 0 saturated carbocycles. The molecule has 0 bridgehead atoms. The van der Waals surface area contributed by atoms with Crippen molar-refractivity contribution in [3.63, 3.8) is 0 Å². The van der Waals surface area contributed by atoms with E-state index in [1.165, 1.54) is 0 Å². The Balaban J connectivity index is 0.00000261. The minimum atomic E-state index is -1.11. The van der Waals surface area contributed by atoms with Gasteiger partial charge in [0, 0.05) is 31.9 Å². The number of anilines is 1. The fourth-order valence-corrected chi connectivity index (χ4v) is 3.62. The minimum absolute atomic E-state index is 0. The van der Waals surface area contributed by atoms with Crippen LogP contribution in [0, 0.1) is 0 Å². The van der Waals surface area contributed by atoms with Crippen LogP contribution in [-0.4, -0.2) is 69.1 Å². The molecule has 152 valence electrons. The van der Waals surface area contributed by atoms with Crippen molar-refractivity contribution in [3.8, 4) is 0 Å². The standard InChI is InChI=1S/C18H27N3O5.ClH/c22-15-5-8-21(17(25)19-15)12-13-1-3-14(4-2-13)20-9-6-18(26,7-10-20)11-16(23)24;/h1-4,15,17,19,22,25-26H,5-12H2,(H,23,24);1H. The van der Waals surface area contributed by atoms with Crippen LogP contribution in [0.1, 0.15) is 31.2 Å². The fourth-order valence-electron chi connectivity index (χ4n) is 3.62. The van der Waals surface area contributed by atoms with Crippen LogP contribution in [0.2, 0.25) is 0 Å². The summed E-state index contributed by atoms with van der Waals surface area (Å²) in [5.41, 5.74) is 0.994. The molecule has 2 aliphatic heterocycles. The first-order valence-electron chi connectivity index (χ1n) is 8.99. The maximum Gasteiger partial charge on any atom is 0.306 e. The van der Waals surface area contributed by atoms with Gasteiger partial charge >= 0.3 is 5.97 Å². The van der Waals surface area contributed by atoms with Crippen LogP contribution in [-0.2, 0) is 11.3 Å². The Morgan fingerprint density at radius 2 is 1.78 bits per heavy atom. The molecule has 0 radical (unpaired) electrons. The number of aliphatic carboxylic acids is 1. The number of nitrogens with one attached hydrogen (secondary N) is 1. The van der Waals surface area contributed by atoms with Crippen molar-refractivity contribution in [2.75, 3.05) is 24.5 Å². The topological polar surface area (TPSA) is 117 Å². The van der Waals surface area contributed by atoms with Crippen LogP contribution in [0.4, 0.5) is 5.69 Å². The lowest BCUT2D eigenvalue weighted by Gasteiger charge is -2.38. The first-order valence-corrected chi connectivity index (χ1v) is 8.99. The molecule has 2 fully saturated rings. The Hall–Kier alpha value is -1.42. The van der Waals surface area contributed by atoms with E-state index in [0.29, 0.717) is 45.4 Å². The summed E-state index contributed by atoms with van der Waals surface area (Å²) in [7, 11) is 0. The SMILES string of the molecule is Cl.O=C(O)CC1(O)CCN(c2ccc(CN3CCC(O)NC3O)cc2)CC1. The number of halogens is 1. The molecule has 0 amide bonds. The van der Waals surface area contributed by atoms with E-state index in [-0.39, 0.29) is 18.8 Å². The van der Waals surface area contributed by atoms with Crippen molar-refractivity contribution >= 4 is 24.1 Å². The van der Waals surface area contributed by atoms with Crippen LogP contribution in [0.5, 0.6) is 0 Å². The number of carboxylic acids is 1. The van der Waals surface area contributed by atoms with Gasteiger partial charge in [-0.25, -0.2) is 0 Å². The number of hydrogen-bond acceptors (Lipinski definition) is 7. The van der Waals surface area contributed by atoms with Crippen molar-refractivity contribution in [3.05, 3.63) is 29.8 Å². The van der Waals surface area contributed by atoms with Gasteiger partial charge in [-0.15, -0.1) is 12.4 Å². The molecule has 9 heteroatoms. The molecule has 1 aromatic rings. The van der Waals surface area contributed by atoms with Gasteiger partial charge in [0.1, 0.15) is 6.23 Å². The van der Waals surface area contributed by atoms with Gasteiger partial charge in [0.15, 0.2) is 6.35 Å². The largest absolute Gasteiger partial charge is 0.481 e. The number of aliphatic hydroxyl groups is 3. The Labute approximate surface area is 164 Å². The molecule has 1 aromatic carbocycles. The quantitative estimate of drug-likeness (QED) is 0.478. The summed E-state index contributed by atoms with van der Waals surface area (Å²) in [5.74, 6) is -0.966. The van der Waals surface area contributed by atoms with Crippen molar-refractivity contribution < 1.29 is 25.2 Å². The highest BCUT2D eigenvalue weighted by Gasteiger charge is 2.34. The third-order valence-electron chi connectivity index (χ3n) is 5.24. The van der Waals surface area contributed by atoms with Gasteiger partial charge in [0.25, 0.3) is 0 Å². The molecule has 0 aromatic heterocycles. The summed E-state index contributed by atoms with van der Waals surface area (Å²) in [6.45, 7) is 2.44. The maximum atomic E-state index is 10.9. The first kappa shape index (κ1) is 21.9. The minimum Gasteiger partial charge on any atom is -0.481 e. The summed E-state index contributed by atoms with van der Waals surface area (Å²) >= 11 is 0. The van der Waals surface area contributed by atoms with Gasteiger partial charge < -0.3 is 25.3 Å². The number of hydrogen-bond donors (Lipinski definition) is 5. The number of aliphatic hydroxyl groups excluding tert-OH is 2. The second-order valence-electron chi connectivity index (χ2n) is 7.26. The molecule has 2 atom stereocenters. The van der Waals surface area contributed by atoms with Crippen LogP contribution < -0.4 is 10.2 Å². The van der Waals surface area contributed by atoms with Crippen LogP contribution in [0.3, 0.4) is 0 Å². The monoisotopic (exact) mass is 401 g/mol. The van der Waals surface area contributed by atoms with Gasteiger partial charge in [-0.05, 0) is 37.0 Å². The fraction of sp³-hybridized carbons (Fsp3) is 0.611. The summed E-state index contributed by atoms with van der Waals surface area (Å²) in [5, 5.41) is 41.3. The second-order valence-corrected chi connectivity index (χ2v) is 7.26. The Bertz CT molecular complexity index is 622. The lowest BCUT2D eigenvalue weighted by atomic mass is 9.88. The highest BCUT2D eigenvalue weighted by Crippen LogP contribution is 2.29. The molecule has 2 unspecified atom stereocenters. The molecule has 2 saturated heterocycles. The van der Waals surface area contributed by atoms with E-state index in [0.717, 1.165) is 11.3 Å². The predicted molar refractivity (Wildman–Crippen MR) is 103 cm³/mol. The Kier molecular flexibility index (Phi) is 7.44. The zero-order chi connectivity index (χ0) is 18.7. The predicted octanol–water partition coefficient (Wildman–Crippen LogP) is 0.304. The number of benzene rings is 1. The molecule has 0 aliphatic carbocycles. The zero-order valence-corrected chi connectivity index (χ0v) is 15.9. The van der Waals surface area contributed by atoms with Gasteiger partial charge in [-0.2, -0.15) is 0 Å². The molecule has 2 heterocycles. The zero-order valence-electron chi connectivity index (χ0n) is 15.1. The van der Waals surface area contributed by atoms with Crippen molar-refractivity contribution in [2.45, 2.75) is 50.4 Å². The van der Waals surface area contributed by atoms with Crippen LogP contribution >= 0.6 is 12.4 Å². The number of carboxylic acid groups (broad SMARTS) is 1. The maximum absolute atomic E-state index is 10.9. The Morgan fingerprint density at radius 3 is 2.33 bits per heavy atom. The van der Waals surface area contributed by atoms with E-state index in [2.05, 4.69) is 10.2 Å². The molecular formula is C18H28ClN3O5. The summed E-state index contributed by atoms with van der Waals surface area (Å²) in [4.78, 5) is 14.9. The summed E-state index contributed by atoms with van der Waals surface area (Å²) in [6, 6.07) is 8.03. The number of rotatable bonds is 5. The van der Waals surface area contributed by atoms with Crippen LogP contribution in [0.15, 0.2) is 24.3 Å². The molecule has 3 rings (SSSR count). The van der Waals surface area contributed by atoms with E-state index < -0.39 is 24.2 Å². The molecule has 2 aliphatic rings. The molecular weight excluding hydrogens is 374 g/mol. The van der Waals surface area contributed by atoms with E-state index in [4.69, 9.17) is 5.11 Å². The molecule has 27 heavy (non-hydrogen) atoms. The van der Waals surface area contributed by atoms with Gasteiger partial charge in [0.05, 0.1) is 12.0 Å².